The number of rotatable bonds is 6. The maximum Gasteiger partial charge on any atom is 0.309 e. The number of esters is 1. The van der Waals surface area contributed by atoms with Gasteiger partial charge in [-0.1, -0.05) is 12.1 Å². The van der Waals surface area contributed by atoms with Gasteiger partial charge in [-0.25, -0.2) is 0 Å². The fourth-order valence-electron chi connectivity index (χ4n) is 2.54. The molecular formula is C19H20O5. The first kappa shape index (κ1) is 16.2. The molecule has 0 fully saturated rings. The van der Waals surface area contributed by atoms with E-state index < -0.39 is 0 Å². The Morgan fingerprint density at radius 2 is 1.79 bits per heavy atom. The monoisotopic (exact) mass is 328 g/mol. The minimum absolute atomic E-state index is 0.206. The molecule has 0 radical (unpaired) electrons. The van der Waals surface area contributed by atoms with E-state index in [4.69, 9.17) is 18.9 Å². The van der Waals surface area contributed by atoms with Gasteiger partial charge in [0.05, 0.1) is 13.0 Å². The summed E-state index contributed by atoms with van der Waals surface area (Å²) in [6.45, 7) is 4.76. The van der Waals surface area contributed by atoms with Crippen LogP contribution in [0.5, 0.6) is 17.2 Å². The normalized spacial score (nSPS) is 12.1. The summed E-state index contributed by atoms with van der Waals surface area (Å²) in [6, 6.07) is 11.5. The maximum atomic E-state index is 11.8. The van der Waals surface area contributed by atoms with Crippen LogP contribution in [-0.2, 0) is 16.1 Å². The first-order valence-electron chi connectivity index (χ1n) is 7.85. The number of carbonyl (C=O) groups excluding carboxylic acids is 1. The zero-order valence-corrected chi connectivity index (χ0v) is 13.8. The summed E-state index contributed by atoms with van der Waals surface area (Å²) >= 11 is 0. The third kappa shape index (κ3) is 4.19. The van der Waals surface area contributed by atoms with Crippen molar-refractivity contribution in [3.8, 4) is 17.2 Å². The number of carbonyl (C=O) groups is 1. The molecule has 24 heavy (non-hydrogen) atoms. The van der Waals surface area contributed by atoms with Crippen LogP contribution in [0.3, 0.4) is 0 Å². The van der Waals surface area contributed by atoms with E-state index in [1.807, 2.05) is 44.2 Å². The molecule has 1 aliphatic heterocycles. The summed E-state index contributed by atoms with van der Waals surface area (Å²) in [6.07, 6.45) is 0.206. The molecule has 0 aliphatic carbocycles. The molecule has 0 bridgehead atoms. The van der Waals surface area contributed by atoms with E-state index in [2.05, 4.69) is 6.07 Å². The molecule has 0 aromatic heterocycles. The third-order valence-electron chi connectivity index (χ3n) is 3.61. The predicted molar refractivity (Wildman–Crippen MR) is 88.4 cm³/mol. The second kappa shape index (κ2) is 7.25. The van der Waals surface area contributed by atoms with Gasteiger partial charge in [0.2, 0.25) is 6.79 Å². The van der Waals surface area contributed by atoms with Gasteiger partial charge in [-0.3, -0.25) is 4.79 Å². The Morgan fingerprint density at radius 1 is 1.04 bits per heavy atom. The second-order valence-corrected chi connectivity index (χ2v) is 5.77. The fraction of sp³-hybridized carbons (Fsp3) is 0.316. The van der Waals surface area contributed by atoms with E-state index in [1.54, 1.807) is 0 Å². The van der Waals surface area contributed by atoms with Gasteiger partial charge < -0.3 is 18.9 Å². The van der Waals surface area contributed by atoms with Crippen molar-refractivity contribution in [3.05, 3.63) is 53.1 Å². The maximum absolute atomic E-state index is 11.8. The van der Waals surface area contributed by atoms with Crippen LogP contribution in [0, 0.1) is 13.8 Å². The van der Waals surface area contributed by atoms with Crippen molar-refractivity contribution in [2.75, 3.05) is 13.4 Å². The van der Waals surface area contributed by atoms with Crippen molar-refractivity contribution in [2.45, 2.75) is 26.9 Å². The van der Waals surface area contributed by atoms with Gasteiger partial charge in [-0.05, 0) is 54.8 Å². The fourth-order valence-corrected chi connectivity index (χ4v) is 2.54. The van der Waals surface area contributed by atoms with E-state index in [9.17, 15) is 4.79 Å². The Kier molecular flexibility index (Phi) is 4.89. The molecule has 5 nitrogen and oxygen atoms in total. The summed E-state index contributed by atoms with van der Waals surface area (Å²) in [7, 11) is 0. The number of hydrogen-bond donors (Lipinski definition) is 0. The molecule has 1 aliphatic rings. The first-order valence-corrected chi connectivity index (χ1v) is 7.85. The molecule has 5 heteroatoms. The van der Waals surface area contributed by atoms with Crippen molar-refractivity contribution >= 4 is 5.97 Å². The molecular weight excluding hydrogens is 308 g/mol. The van der Waals surface area contributed by atoms with Gasteiger partial charge in [-0.2, -0.15) is 0 Å². The Labute approximate surface area is 141 Å². The van der Waals surface area contributed by atoms with Crippen LogP contribution in [0.15, 0.2) is 36.4 Å². The van der Waals surface area contributed by atoms with Crippen LogP contribution < -0.4 is 14.2 Å². The Morgan fingerprint density at radius 3 is 2.58 bits per heavy atom. The molecule has 2 aromatic rings. The first-order chi connectivity index (χ1) is 11.6. The number of benzene rings is 2. The highest BCUT2D eigenvalue weighted by Gasteiger charge is 2.13. The van der Waals surface area contributed by atoms with E-state index in [-0.39, 0.29) is 25.8 Å². The molecule has 0 N–H and O–H groups in total. The minimum atomic E-state index is -0.294. The van der Waals surface area contributed by atoms with Gasteiger partial charge in [0, 0.05) is 0 Å². The zero-order chi connectivity index (χ0) is 16.9. The van der Waals surface area contributed by atoms with Crippen LogP contribution in [0.25, 0.3) is 0 Å². The SMILES string of the molecule is Cc1cc(C)cc(OCCC(=O)OCc2ccc3c(c2)OCO3)c1. The molecule has 0 unspecified atom stereocenters. The minimum Gasteiger partial charge on any atom is -0.493 e. The van der Waals surface area contributed by atoms with Crippen LogP contribution in [0.4, 0.5) is 0 Å². The summed E-state index contributed by atoms with van der Waals surface area (Å²) in [5.41, 5.74) is 3.13. The lowest BCUT2D eigenvalue weighted by atomic mass is 10.1. The van der Waals surface area contributed by atoms with Crippen molar-refractivity contribution in [2.24, 2.45) is 0 Å². The highest BCUT2D eigenvalue weighted by Crippen LogP contribution is 2.32. The smallest absolute Gasteiger partial charge is 0.309 e. The lowest BCUT2D eigenvalue weighted by Crippen LogP contribution is -2.10. The molecule has 3 rings (SSSR count). The average Bonchev–Trinajstić information content (AvgIpc) is 2.99. The lowest BCUT2D eigenvalue weighted by molar-refractivity contribution is -0.145. The molecule has 0 spiro atoms. The van der Waals surface area contributed by atoms with Crippen molar-refractivity contribution in [3.63, 3.8) is 0 Å². The largest absolute Gasteiger partial charge is 0.493 e. The molecule has 0 amide bonds. The number of hydrogen-bond acceptors (Lipinski definition) is 5. The molecule has 2 aromatic carbocycles. The molecule has 126 valence electrons. The number of fused-ring (bicyclic) bond motifs is 1. The zero-order valence-electron chi connectivity index (χ0n) is 13.8. The predicted octanol–water partition coefficient (Wildman–Crippen LogP) is 3.54. The summed E-state index contributed by atoms with van der Waals surface area (Å²) in [4.78, 5) is 11.8. The molecule has 0 saturated carbocycles. The van der Waals surface area contributed by atoms with Gasteiger partial charge in [0.15, 0.2) is 11.5 Å². The summed E-state index contributed by atoms with van der Waals surface area (Å²) < 4.78 is 21.4. The molecule has 1 heterocycles. The van der Waals surface area contributed by atoms with Gasteiger partial charge in [0.1, 0.15) is 12.4 Å². The number of aryl methyl sites for hydroxylation is 2. The summed E-state index contributed by atoms with van der Waals surface area (Å²) in [5.74, 6) is 1.88. The molecule has 0 saturated heterocycles. The van der Waals surface area contributed by atoms with Crippen LogP contribution >= 0.6 is 0 Å². The van der Waals surface area contributed by atoms with E-state index in [0.29, 0.717) is 18.1 Å². The Hall–Kier alpha value is -2.69. The topological polar surface area (TPSA) is 54.0 Å². The van der Waals surface area contributed by atoms with Gasteiger partial charge in [-0.15, -0.1) is 0 Å². The Bertz CT molecular complexity index is 718. The average molecular weight is 328 g/mol. The van der Waals surface area contributed by atoms with Crippen molar-refractivity contribution < 1.29 is 23.7 Å². The second-order valence-electron chi connectivity index (χ2n) is 5.77. The highest BCUT2D eigenvalue weighted by molar-refractivity contribution is 5.69. The van der Waals surface area contributed by atoms with Crippen molar-refractivity contribution in [1.82, 2.24) is 0 Å². The third-order valence-corrected chi connectivity index (χ3v) is 3.61. The van der Waals surface area contributed by atoms with E-state index >= 15 is 0 Å². The van der Waals surface area contributed by atoms with Gasteiger partial charge >= 0.3 is 5.97 Å². The highest BCUT2D eigenvalue weighted by atomic mass is 16.7. The van der Waals surface area contributed by atoms with E-state index in [0.717, 1.165) is 22.4 Å². The van der Waals surface area contributed by atoms with Crippen molar-refractivity contribution in [1.29, 1.82) is 0 Å². The summed E-state index contributed by atoms with van der Waals surface area (Å²) in [5, 5.41) is 0. The van der Waals surface area contributed by atoms with Crippen LogP contribution in [-0.4, -0.2) is 19.4 Å². The Balaban J connectivity index is 1.43. The lowest BCUT2D eigenvalue weighted by Gasteiger charge is -2.09. The molecule has 0 atom stereocenters. The number of ether oxygens (including phenoxy) is 4. The van der Waals surface area contributed by atoms with Gasteiger partial charge in [0.25, 0.3) is 0 Å². The van der Waals surface area contributed by atoms with Crippen LogP contribution in [0.2, 0.25) is 0 Å². The van der Waals surface area contributed by atoms with Crippen LogP contribution in [0.1, 0.15) is 23.1 Å². The quantitative estimate of drug-likeness (QED) is 0.759. The van der Waals surface area contributed by atoms with E-state index in [1.165, 1.54) is 0 Å². The standard InChI is InChI=1S/C19H20O5/c1-13-7-14(2)9-16(8-13)21-6-5-19(20)22-11-15-3-4-17-18(10-15)24-12-23-17/h3-4,7-10H,5-6,11-12H2,1-2H3.